The number of nitrogens with one attached hydrogen (secondary N) is 1. The average molecular weight is 369 g/mol. The first-order chi connectivity index (χ1) is 12.8. The number of ether oxygens (including phenoxy) is 2. The number of carbonyl (C=O) groups is 1. The highest BCUT2D eigenvalue weighted by atomic mass is 32.2. The molecule has 0 aliphatic carbocycles. The number of thioether (sulfide) groups is 1. The molecule has 4 rings (SSSR count). The molecular weight excluding hydrogens is 346 g/mol. The molecule has 5 heteroatoms. The summed E-state index contributed by atoms with van der Waals surface area (Å²) in [5.74, 6) is 1.76. The van der Waals surface area contributed by atoms with Gasteiger partial charge in [-0.2, -0.15) is 0 Å². The molecule has 26 heavy (non-hydrogen) atoms. The largest absolute Gasteiger partial charge is 0.491 e. The van der Waals surface area contributed by atoms with Crippen molar-refractivity contribution in [1.29, 1.82) is 0 Å². The molecule has 0 radical (unpaired) electrons. The first kappa shape index (κ1) is 17.4. The molecule has 2 aromatic rings. The van der Waals surface area contributed by atoms with Gasteiger partial charge in [-0.3, -0.25) is 4.79 Å². The maximum atomic E-state index is 12.6. The van der Waals surface area contributed by atoms with E-state index in [1.807, 2.05) is 48.2 Å². The summed E-state index contributed by atoms with van der Waals surface area (Å²) in [5, 5.41) is 3.17. The standard InChI is InChI=1S/C21H23NO3S/c23-21(22-19-11-13-26-20-6-2-1-5-18(19)20)15-7-9-16(10-8-15)25-14-17-4-3-12-24-17/h1-2,5-10,17,19H,3-4,11-14H2,(H,22,23). The van der Waals surface area contributed by atoms with E-state index in [9.17, 15) is 4.79 Å². The normalized spacial score (nSPS) is 21.8. The Balaban J connectivity index is 1.36. The number of hydrogen-bond acceptors (Lipinski definition) is 4. The van der Waals surface area contributed by atoms with Crippen LogP contribution in [0.5, 0.6) is 5.75 Å². The van der Waals surface area contributed by atoms with Crippen LogP contribution in [-0.4, -0.2) is 31.0 Å². The lowest BCUT2D eigenvalue weighted by Crippen LogP contribution is -2.30. The van der Waals surface area contributed by atoms with Gasteiger partial charge in [0.25, 0.3) is 5.91 Å². The molecule has 2 aliphatic rings. The zero-order valence-corrected chi connectivity index (χ0v) is 15.5. The van der Waals surface area contributed by atoms with Gasteiger partial charge in [-0.15, -0.1) is 11.8 Å². The van der Waals surface area contributed by atoms with Gasteiger partial charge in [0.1, 0.15) is 12.4 Å². The molecule has 2 unspecified atom stereocenters. The second-order valence-electron chi connectivity index (χ2n) is 6.67. The van der Waals surface area contributed by atoms with E-state index < -0.39 is 0 Å². The van der Waals surface area contributed by atoms with Gasteiger partial charge in [0.15, 0.2) is 0 Å². The average Bonchev–Trinajstić information content (AvgIpc) is 3.21. The van der Waals surface area contributed by atoms with E-state index in [0.717, 1.165) is 37.4 Å². The fourth-order valence-corrected chi connectivity index (χ4v) is 4.53. The Hall–Kier alpha value is -1.98. The molecule has 1 amide bonds. The molecule has 0 bridgehead atoms. The Bertz CT molecular complexity index is 756. The predicted molar refractivity (Wildman–Crippen MR) is 103 cm³/mol. The van der Waals surface area contributed by atoms with E-state index in [1.165, 1.54) is 10.5 Å². The quantitative estimate of drug-likeness (QED) is 0.858. The fourth-order valence-electron chi connectivity index (χ4n) is 3.40. The maximum absolute atomic E-state index is 12.6. The number of benzene rings is 2. The van der Waals surface area contributed by atoms with Crippen LogP contribution in [0.25, 0.3) is 0 Å². The van der Waals surface area contributed by atoms with Gasteiger partial charge in [0, 0.05) is 22.8 Å². The van der Waals surface area contributed by atoms with E-state index in [4.69, 9.17) is 9.47 Å². The first-order valence-electron chi connectivity index (χ1n) is 9.16. The summed E-state index contributed by atoms with van der Waals surface area (Å²) in [4.78, 5) is 13.9. The van der Waals surface area contributed by atoms with Crippen LogP contribution in [0, 0.1) is 0 Å². The molecule has 1 saturated heterocycles. The lowest BCUT2D eigenvalue weighted by Gasteiger charge is -2.25. The molecule has 2 heterocycles. The van der Waals surface area contributed by atoms with Gasteiger partial charge in [-0.25, -0.2) is 0 Å². The molecule has 2 atom stereocenters. The second-order valence-corrected chi connectivity index (χ2v) is 7.81. The summed E-state index contributed by atoms with van der Waals surface area (Å²) >= 11 is 1.86. The second kappa shape index (κ2) is 8.14. The smallest absolute Gasteiger partial charge is 0.251 e. The molecule has 0 saturated carbocycles. The van der Waals surface area contributed by atoms with Crippen LogP contribution in [0.4, 0.5) is 0 Å². The third-order valence-electron chi connectivity index (χ3n) is 4.84. The van der Waals surface area contributed by atoms with Gasteiger partial charge in [-0.05, 0) is 55.2 Å². The monoisotopic (exact) mass is 369 g/mol. The molecule has 2 aliphatic heterocycles. The molecule has 0 aromatic heterocycles. The van der Waals surface area contributed by atoms with Gasteiger partial charge in [0.05, 0.1) is 12.1 Å². The van der Waals surface area contributed by atoms with Crippen LogP contribution in [-0.2, 0) is 4.74 Å². The van der Waals surface area contributed by atoms with E-state index in [-0.39, 0.29) is 18.1 Å². The van der Waals surface area contributed by atoms with E-state index in [2.05, 4.69) is 17.4 Å². The highest BCUT2D eigenvalue weighted by Gasteiger charge is 2.22. The fraction of sp³-hybridized carbons (Fsp3) is 0.381. The molecule has 4 nitrogen and oxygen atoms in total. The molecular formula is C21H23NO3S. The highest BCUT2D eigenvalue weighted by Crippen LogP contribution is 2.35. The van der Waals surface area contributed by atoms with Crippen molar-refractivity contribution in [3.05, 3.63) is 59.7 Å². The van der Waals surface area contributed by atoms with Crippen LogP contribution < -0.4 is 10.1 Å². The minimum atomic E-state index is -0.0395. The number of rotatable bonds is 5. The van der Waals surface area contributed by atoms with Crippen molar-refractivity contribution in [2.24, 2.45) is 0 Å². The van der Waals surface area contributed by atoms with Crippen molar-refractivity contribution in [2.75, 3.05) is 19.0 Å². The van der Waals surface area contributed by atoms with E-state index in [1.54, 1.807) is 0 Å². The molecule has 1 fully saturated rings. The Morgan fingerprint density at radius 3 is 2.81 bits per heavy atom. The van der Waals surface area contributed by atoms with Crippen LogP contribution >= 0.6 is 11.8 Å². The summed E-state index contributed by atoms with van der Waals surface area (Å²) in [5.41, 5.74) is 1.87. The van der Waals surface area contributed by atoms with Crippen LogP contribution in [0.3, 0.4) is 0 Å². The Morgan fingerprint density at radius 2 is 2.00 bits per heavy atom. The van der Waals surface area contributed by atoms with Crippen molar-refractivity contribution in [3.8, 4) is 5.75 Å². The van der Waals surface area contributed by atoms with Crippen LogP contribution in [0.1, 0.15) is 41.2 Å². The number of fused-ring (bicyclic) bond motifs is 1. The van der Waals surface area contributed by atoms with Crippen molar-refractivity contribution in [2.45, 2.75) is 36.3 Å². The zero-order chi connectivity index (χ0) is 17.8. The zero-order valence-electron chi connectivity index (χ0n) is 14.6. The minimum absolute atomic E-state index is 0.0395. The lowest BCUT2D eigenvalue weighted by molar-refractivity contribution is 0.0679. The Morgan fingerprint density at radius 1 is 1.15 bits per heavy atom. The van der Waals surface area contributed by atoms with Crippen molar-refractivity contribution < 1.29 is 14.3 Å². The van der Waals surface area contributed by atoms with Crippen molar-refractivity contribution >= 4 is 17.7 Å². The summed E-state index contributed by atoms with van der Waals surface area (Å²) in [6.45, 7) is 1.40. The summed E-state index contributed by atoms with van der Waals surface area (Å²) in [7, 11) is 0. The van der Waals surface area contributed by atoms with Gasteiger partial charge < -0.3 is 14.8 Å². The number of hydrogen-bond donors (Lipinski definition) is 1. The van der Waals surface area contributed by atoms with Crippen molar-refractivity contribution in [1.82, 2.24) is 5.32 Å². The highest BCUT2D eigenvalue weighted by molar-refractivity contribution is 7.99. The summed E-state index contributed by atoms with van der Waals surface area (Å²) < 4.78 is 11.3. The lowest BCUT2D eigenvalue weighted by atomic mass is 10.0. The SMILES string of the molecule is O=C(NC1CCSc2ccccc21)c1ccc(OCC2CCCO2)cc1. The molecule has 2 aromatic carbocycles. The Kier molecular flexibility index (Phi) is 5.46. The number of carbonyl (C=O) groups excluding carboxylic acids is 1. The van der Waals surface area contributed by atoms with Crippen LogP contribution in [0.15, 0.2) is 53.4 Å². The number of amides is 1. The molecule has 0 spiro atoms. The predicted octanol–water partition coefficient (Wildman–Crippen LogP) is 4.21. The first-order valence-corrected chi connectivity index (χ1v) is 10.2. The minimum Gasteiger partial charge on any atom is -0.491 e. The van der Waals surface area contributed by atoms with Gasteiger partial charge in [-0.1, -0.05) is 18.2 Å². The van der Waals surface area contributed by atoms with Gasteiger partial charge >= 0.3 is 0 Å². The third kappa shape index (κ3) is 4.05. The van der Waals surface area contributed by atoms with Gasteiger partial charge in [0.2, 0.25) is 0 Å². The summed E-state index contributed by atoms with van der Waals surface area (Å²) in [6, 6.07) is 15.7. The van der Waals surface area contributed by atoms with E-state index in [0.29, 0.717) is 12.2 Å². The maximum Gasteiger partial charge on any atom is 0.251 e. The molecule has 1 N–H and O–H groups in total. The third-order valence-corrected chi connectivity index (χ3v) is 5.96. The molecule has 136 valence electrons. The van der Waals surface area contributed by atoms with Crippen molar-refractivity contribution in [3.63, 3.8) is 0 Å². The van der Waals surface area contributed by atoms with Crippen LogP contribution in [0.2, 0.25) is 0 Å². The Labute approximate surface area is 158 Å². The topological polar surface area (TPSA) is 47.6 Å². The van der Waals surface area contributed by atoms with E-state index >= 15 is 0 Å². The summed E-state index contributed by atoms with van der Waals surface area (Å²) in [6.07, 6.45) is 3.32.